The second kappa shape index (κ2) is 10.6. The Kier molecular flexibility index (Phi) is 7.30. The zero-order valence-corrected chi connectivity index (χ0v) is 24.8. The fourth-order valence-corrected chi connectivity index (χ4v) is 5.29. The molecule has 11 heteroatoms. The van der Waals surface area contributed by atoms with Gasteiger partial charge in [-0.2, -0.15) is 5.10 Å². The molecule has 2 aromatic carbocycles. The molecule has 0 saturated carbocycles. The van der Waals surface area contributed by atoms with Crippen LogP contribution in [0.2, 0.25) is 0 Å². The number of aromatic nitrogens is 4. The third-order valence-corrected chi connectivity index (χ3v) is 7.31. The van der Waals surface area contributed by atoms with Crippen LogP contribution in [0.1, 0.15) is 66.5 Å². The number of hydrogen-bond acceptors (Lipinski definition) is 6. The Morgan fingerprint density at radius 1 is 1.00 bits per heavy atom. The van der Waals surface area contributed by atoms with E-state index < -0.39 is 23.7 Å². The third kappa shape index (κ3) is 5.10. The summed E-state index contributed by atoms with van der Waals surface area (Å²) in [6.07, 6.45) is 3.25. The maximum atomic E-state index is 14.6. The summed E-state index contributed by atoms with van der Waals surface area (Å²) in [4.78, 5) is 40.6. The molecule has 0 radical (unpaired) electrons. The largest absolute Gasteiger partial charge is 0.465 e. The molecule has 220 valence electrons. The number of fused-ring (bicyclic) bond motifs is 1. The van der Waals surface area contributed by atoms with Crippen molar-refractivity contribution in [1.82, 2.24) is 23.8 Å². The number of halogens is 1. The summed E-state index contributed by atoms with van der Waals surface area (Å²) < 4.78 is 29.6. The van der Waals surface area contributed by atoms with E-state index in [-0.39, 0.29) is 11.5 Å². The summed E-state index contributed by atoms with van der Waals surface area (Å²) in [6.45, 7) is 11.1. The van der Waals surface area contributed by atoms with E-state index in [2.05, 4.69) is 0 Å². The standard InChI is InChI=1S/C31H34FN5O5/c1-18-16-23(17-19(2)26(18)32)37-27(25-20(3)34(13-12-24(25)33-37)30(40)42-31(4,5)6)36-15-14-35(29(36)39)22-10-8-21(9-11-22)28(38)41-7/h8-11,14-17,20H,12-13H2,1-7H3/t20-/m0/s1. The highest BCUT2D eigenvalue weighted by Gasteiger charge is 2.37. The molecule has 0 fully saturated rings. The Morgan fingerprint density at radius 2 is 1.62 bits per heavy atom. The van der Waals surface area contributed by atoms with Gasteiger partial charge in [-0.15, -0.1) is 0 Å². The van der Waals surface area contributed by atoms with Crippen LogP contribution in [0, 0.1) is 19.7 Å². The third-order valence-electron chi connectivity index (χ3n) is 7.31. The number of hydrogen-bond donors (Lipinski definition) is 0. The van der Waals surface area contributed by atoms with Gasteiger partial charge in [-0.25, -0.2) is 23.5 Å². The van der Waals surface area contributed by atoms with Crippen molar-refractivity contribution >= 4 is 12.1 Å². The fourth-order valence-electron chi connectivity index (χ4n) is 5.29. The van der Waals surface area contributed by atoms with E-state index in [1.54, 1.807) is 72.2 Å². The van der Waals surface area contributed by atoms with Crippen LogP contribution in [-0.4, -0.2) is 55.1 Å². The minimum absolute atomic E-state index is 0.305. The van der Waals surface area contributed by atoms with Crippen molar-refractivity contribution < 1.29 is 23.5 Å². The minimum atomic E-state index is -0.676. The molecule has 1 atom stereocenters. The van der Waals surface area contributed by atoms with Gasteiger partial charge in [-0.05, 0) is 89.1 Å². The summed E-state index contributed by atoms with van der Waals surface area (Å²) >= 11 is 0. The van der Waals surface area contributed by atoms with Crippen LogP contribution in [0.15, 0.2) is 53.6 Å². The van der Waals surface area contributed by atoms with Crippen LogP contribution >= 0.6 is 0 Å². The lowest BCUT2D eigenvalue weighted by molar-refractivity contribution is 0.0159. The van der Waals surface area contributed by atoms with Crippen LogP contribution in [0.25, 0.3) is 17.2 Å². The molecule has 42 heavy (non-hydrogen) atoms. The molecule has 0 saturated heterocycles. The van der Waals surface area contributed by atoms with E-state index in [1.165, 1.54) is 16.2 Å². The number of benzene rings is 2. The van der Waals surface area contributed by atoms with Crippen molar-refractivity contribution in [2.45, 2.75) is 59.6 Å². The van der Waals surface area contributed by atoms with E-state index >= 15 is 0 Å². The van der Waals surface area contributed by atoms with Crippen LogP contribution in [0.4, 0.5) is 9.18 Å². The van der Waals surface area contributed by atoms with Crippen LogP contribution < -0.4 is 5.69 Å². The SMILES string of the molecule is COC(=O)c1ccc(-n2ccn(-c3c4c(nn3-c3cc(C)c(F)c(C)c3)CCN(C(=O)OC(C)(C)C)[C@H]4C)c2=O)cc1. The number of amides is 1. The van der Waals surface area contributed by atoms with Crippen LogP contribution in [-0.2, 0) is 15.9 Å². The normalized spacial score (nSPS) is 15.0. The molecule has 4 aromatic rings. The Balaban J connectivity index is 1.68. The lowest BCUT2D eigenvalue weighted by atomic mass is 10.00. The van der Waals surface area contributed by atoms with Gasteiger partial charge in [0.05, 0.1) is 35.8 Å². The van der Waals surface area contributed by atoms with E-state index in [1.807, 2.05) is 27.7 Å². The van der Waals surface area contributed by atoms with Gasteiger partial charge in [-0.3, -0.25) is 9.13 Å². The van der Waals surface area contributed by atoms with Gasteiger partial charge in [-0.1, -0.05) is 0 Å². The monoisotopic (exact) mass is 575 g/mol. The zero-order chi connectivity index (χ0) is 30.5. The molecule has 2 aromatic heterocycles. The van der Waals surface area contributed by atoms with E-state index in [0.29, 0.717) is 52.4 Å². The molecular weight excluding hydrogens is 541 g/mol. The summed E-state index contributed by atoms with van der Waals surface area (Å²) in [6, 6.07) is 9.39. The molecule has 1 aliphatic rings. The number of aryl methyl sites for hydroxylation is 2. The molecule has 0 aliphatic carbocycles. The predicted octanol–water partition coefficient (Wildman–Crippen LogP) is 5.21. The molecule has 5 rings (SSSR count). The Bertz CT molecular complexity index is 1720. The highest BCUT2D eigenvalue weighted by atomic mass is 19.1. The average molecular weight is 576 g/mol. The van der Waals surface area contributed by atoms with E-state index in [4.69, 9.17) is 14.6 Å². The van der Waals surface area contributed by atoms with Crippen LogP contribution in [0.5, 0.6) is 0 Å². The average Bonchev–Trinajstić information content (AvgIpc) is 3.50. The summed E-state index contributed by atoms with van der Waals surface area (Å²) in [5.41, 5.74) is 2.77. The van der Waals surface area contributed by atoms with Gasteiger partial charge in [0.15, 0.2) is 0 Å². The van der Waals surface area contributed by atoms with Crippen molar-refractivity contribution in [1.29, 1.82) is 0 Å². The fraction of sp³-hybridized carbons (Fsp3) is 0.355. The summed E-state index contributed by atoms with van der Waals surface area (Å²) in [5.74, 6) is -0.332. The zero-order valence-electron chi connectivity index (χ0n) is 24.8. The van der Waals surface area contributed by atoms with Gasteiger partial charge in [0.1, 0.15) is 17.2 Å². The first-order chi connectivity index (χ1) is 19.8. The van der Waals surface area contributed by atoms with Crippen molar-refractivity contribution in [2.75, 3.05) is 13.7 Å². The first-order valence-corrected chi connectivity index (χ1v) is 13.7. The maximum absolute atomic E-state index is 14.6. The Labute approximate surface area is 242 Å². The number of esters is 1. The van der Waals surface area contributed by atoms with Crippen molar-refractivity contribution in [2.24, 2.45) is 0 Å². The molecule has 1 aliphatic heterocycles. The minimum Gasteiger partial charge on any atom is -0.465 e. The number of nitrogens with zero attached hydrogens (tertiary/aromatic N) is 5. The van der Waals surface area contributed by atoms with Gasteiger partial charge < -0.3 is 14.4 Å². The Hall–Kier alpha value is -4.67. The first-order valence-electron chi connectivity index (χ1n) is 13.7. The lowest BCUT2D eigenvalue weighted by Crippen LogP contribution is -2.42. The number of methoxy groups -OCH3 is 1. The maximum Gasteiger partial charge on any atom is 0.410 e. The molecule has 0 unspecified atom stereocenters. The number of carbonyl (C=O) groups excluding carboxylic acids is 2. The van der Waals surface area contributed by atoms with E-state index in [9.17, 15) is 18.8 Å². The molecule has 0 N–H and O–H groups in total. The number of ether oxygens (including phenoxy) is 2. The molecule has 0 bridgehead atoms. The molecule has 3 heterocycles. The van der Waals surface area contributed by atoms with Crippen molar-refractivity contribution in [3.63, 3.8) is 0 Å². The second-order valence-corrected chi connectivity index (χ2v) is 11.4. The second-order valence-electron chi connectivity index (χ2n) is 11.4. The Morgan fingerprint density at radius 3 is 2.21 bits per heavy atom. The number of carbonyl (C=O) groups is 2. The van der Waals surface area contributed by atoms with Gasteiger partial charge >= 0.3 is 17.8 Å². The van der Waals surface area contributed by atoms with Gasteiger partial charge in [0, 0.05) is 30.9 Å². The smallest absolute Gasteiger partial charge is 0.410 e. The van der Waals surface area contributed by atoms with Crippen molar-refractivity contribution in [3.05, 3.63) is 93.0 Å². The highest BCUT2D eigenvalue weighted by molar-refractivity contribution is 5.89. The molecule has 1 amide bonds. The van der Waals surface area contributed by atoms with Gasteiger partial charge in [0.25, 0.3) is 0 Å². The topological polar surface area (TPSA) is 101 Å². The molecular formula is C31H34FN5O5. The predicted molar refractivity (Wildman–Crippen MR) is 154 cm³/mol. The molecule has 0 spiro atoms. The number of rotatable bonds is 4. The lowest BCUT2D eigenvalue weighted by Gasteiger charge is -2.34. The molecule has 10 nitrogen and oxygen atoms in total. The van der Waals surface area contributed by atoms with Gasteiger partial charge in [0.2, 0.25) is 0 Å². The van der Waals surface area contributed by atoms with Crippen LogP contribution in [0.3, 0.4) is 0 Å². The van der Waals surface area contributed by atoms with E-state index in [0.717, 1.165) is 5.69 Å². The summed E-state index contributed by atoms with van der Waals surface area (Å²) in [7, 11) is 1.31. The summed E-state index contributed by atoms with van der Waals surface area (Å²) in [5, 5.41) is 4.89. The van der Waals surface area contributed by atoms with Crippen molar-refractivity contribution in [3.8, 4) is 17.2 Å². The first kappa shape index (κ1) is 28.8. The highest BCUT2D eigenvalue weighted by Crippen LogP contribution is 2.36. The quantitative estimate of drug-likeness (QED) is 0.310. The number of imidazole rings is 1.